The summed E-state index contributed by atoms with van der Waals surface area (Å²) in [5.41, 5.74) is 0.967. The van der Waals surface area contributed by atoms with Crippen molar-refractivity contribution in [1.82, 2.24) is 9.47 Å². The zero-order valence-corrected chi connectivity index (χ0v) is 10.9. The van der Waals surface area contributed by atoms with Gasteiger partial charge in [-0.3, -0.25) is 9.59 Å². The van der Waals surface area contributed by atoms with Crippen LogP contribution in [0.3, 0.4) is 0 Å². The summed E-state index contributed by atoms with van der Waals surface area (Å²) in [6.07, 6.45) is 1.64. The summed E-state index contributed by atoms with van der Waals surface area (Å²) in [6, 6.07) is 1.52. The number of amides is 1. The van der Waals surface area contributed by atoms with E-state index in [1.807, 2.05) is 30.3 Å². The van der Waals surface area contributed by atoms with Gasteiger partial charge in [0.2, 0.25) is 0 Å². The van der Waals surface area contributed by atoms with E-state index in [0.29, 0.717) is 0 Å². The molecule has 0 atom stereocenters. The molecule has 2 heterocycles. The normalized spacial score (nSPS) is 16.0. The molecule has 2 rings (SSSR count). The van der Waals surface area contributed by atoms with Gasteiger partial charge in [0, 0.05) is 49.6 Å². The van der Waals surface area contributed by atoms with Crippen LogP contribution in [0.15, 0.2) is 17.1 Å². The Kier molecular flexibility index (Phi) is 3.57. The number of hydrogen-bond acceptors (Lipinski definition) is 3. The van der Waals surface area contributed by atoms with Gasteiger partial charge in [-0.25, -0.2) is 0 Å². The van der Waals surface area contributed by atoms with E-state index in [9.17, 15) is 9.59 Å². The molecule has 92 valence electrons. The van der Waals surface area contributed by atoms with E-state index in [0.717, 1.165) is 30.3 Å². The smallest absolute Gasteiger partial charge is 0.259 e. The lowest BCUT2D eigenvalue weighted by Gasteiger charge is -2.26. The van der Waals surface area contributed by atoms with E-state index in [4.69, 9.17) is 0 Å². The molecule has 5 heteroatoms. The lowest BCUT2D eigenvalue weighted by atomic mass is 10.2. The molecular formula is C12H16N2O2S. The highest BCUT2D eigenvalue weighted by Gasteiger charge is 2.20. The third-order valence-corrected chi connectivity index (χ3v) is 3.96. The Morgan fingerprint density at radius 3 is 2.65 bits per heavy atom. The van der Waals surface area contributed by atoms with Crippen LogP contribution in [-0.2, 0) is 7.05 Å². The van der Waals surface area contributed by atoms with Crippen LogP contribution in [0, 0.1) is 6.92 Å². The second-order valence-corrected chi connectivity index (χ2v) is 5.43. The minimum Gasteiger partial charge on any atom is -0.354 e. The molecule has 1 amide bonds. The second kappa shape index (κ2) is 4.96. The molecule has 0 aliphatic carbocycles. The Bertz CT molecular complexity index is 490. The summed E-state index contributed by atoms with van der Waals surface area (Å²) in [5, 5.41) is 0. The van der Waals surface area contributed by atoms with Gasteiger partial charge in [0.1, 0.15) is 5.56 Å². The van der Waals surface area contributed by atoms with E-state index < -0.39 is 0 Å². The number of carbonyl (C=O) groups is 1. The molecule has 1 fully saturated rings. The van der Waals surface area contributed by atoms with Crippen LogP contribution in [0.1, 0.15) is 16.1 Å². The van der Waals surface area contributed by atoms with Gasteiger partial charge in [-0.1, -0.05) is 0 Å². The van der Waals surface area contributed by atoms with Gasteiger partial charge >= 0.3 is 0 Å². The first kappa shape index (κ1) is 12.2. The summed E-state index contributed by atoms with van der Waals surface area (Å²) in [4.78, 5) is 25.8. The fourth-order valence-corrected chi connectivity index (χ4v) is 2.73. The molecule has 0 aromatic carbocycles. The number of pyridine rings is 1. The van der Waals surface area contributed by atoms with Crippen molar-refractivity contribution in [3.8, 4) is 0 Å². The molecule has 0 saturated carbocycles. The first-order valence-corrected chi connectivity index (χ1v) is 6.79. The van der Waals surface area contributed by atoms with Crippen molar-refractivity contribution in [3.05, 3.63) is 33.7 Å². The van der Waals surface area contributed by atoms with Crippen LogP contribution >= 0.6 is 11.8 Å². The van der Waals surface area contributed by atoms with Crippen molar-refractivity contribution in [2.24, 2.45) is 7.05 Å². The highest BCUT2D eigenvalue weighted by Crippen LogP contribution is 2.11. The number of aromatic nitrogens is 1. The third kappa shape index (κ3) is 2.54. The summed E-state index contributed by atoms with van der Waals surface area (Å²) >= 11 is 1.84. The van der Waals surface area contributed by atoms with E-state index in [2.05, 4.69) is 0 Å². The van der Waals surface area contributed by atoms with Crippen LogP contribution in [-0.4, -0.2) is 40.0 Å². The Morgan fingerprint density at radius 2 is 2.00 bits per heavy atom. The molecule has 1 saturated heterocycles. The van der Waals surface area contributed by atoms with Crippen LogP contribution in [0.4, 0.5) is 0 Å². The van der Waals surface area contributed by atoms with Crippen molar-refractivity contribution in [3.63, 3.8) is 0 Å². The fourth-order valence-electron chi connectivity index (χ4n) is 1.83. The molecule has 1 aromatic rings. The van der Waals surface area contributed by atoms with Gasteiger partial charge in [0.05, 0.1) is 0 Å². The number of aryl methyl sites for hydroxylation is 2. The van der Waals surface area contributed by atoms with Crippen molar-refractivity contribution >= 4 is 17.7 Å². The molecule has 0 bridgehead atoms. The molecule has 4 nitrogen and oxygen atoms in total. The molecule has 0 unspecified atom stereocenters. The van der Waals surface area contributed by atoms with Crippen molar-refractivity contribution in [2.75, 3.05) is 24.6 Å². The van der Waals surface area contributed by atoms with Gasteiger partial charge in [0.15, 0.2) is 5.43 Å². The molecule has 1 aliphatic rings. The Balaban J connectivity index is 2.30. The predicted molar refractivity (Wildman–Crippen MR) is 69.6 cm³/mol. The van der Waals surface area contributed by atoms with Crippen LogP contribution < -0.4 is 5.43 Å². The maximum Gasteiger partial charge on any atom is 0.259 e. The average molecular weight is 252 g/mol. The van der Waals surface area contributed by atoms with Crippen molar-refractivity contribution in [1.29, 1.82) is 0 Å². The summed E-state index contributed by atoms with van der Waals surface area (Å²) in [6.45, 7) is 3.33. The zero-order chi connectivity index (χ0) is 12.4. The number of carbonyl (C=O) groups excluding carboxylic acids is 1. The predicted octanol–water partition coefficient (Wildman–Crippen LogP) is 0.883. The lowest BCUT2D eigenvalue weighted by Crippen LogP contribution is -2.40. The number of hydrogen-bond donors (Lipinski definition) is 0. The van der Waals surface area contributed by atoms with Gasteiger partial charge in [-0.05, 0) is 6.92 Å². The fraction of sp³-hybridized carbons (Fsp3) is 0.500. The number of thioether (sulfide) groups is 1. The van der Waals surface area contributed by atoms with Gasteiger partial charge < -0.3 is 9.47 Å². The van der Waals surface area contributed by atoms with E-state index in [1.165, 1.54) is 6.07 Å². The lowest BCUT2D eigenvalue weighted by molar-refractivity contribution is 0.0770. The van der Waals surface area contributed by atoms with Crippen LogP contribution in [0.25, 0.3) is 0 Å². The Morgan fingerprint density at radius 1 is 1.35 bits per heavy atom. The van der Waals surface area contributed by atoms with Gasteiger partial charge in [-0.2, -0.15) is 11.8 Å². The monoisotopic (exact) mass is 252 g/mol. The molecule has 1 aromatic heterocycles. The topological polar surface area (TPSA) is 42.3 Å². The standard InChI is InChI=1S/C12H16N2O2S/c1-9-7-11(15)10(8-13(9)2)12(16)14-3-5-17-6-4-14/h7-8H,3-6H2,1-2H3. The maximum absolute atomic E-state index is 12.2. The zero-order valence-electron chi connectivity index (χ0n) is 10.1. The van der Waals surface area contributed by atoms with Crippen LogP contribution in [0.5, 0.6) is 0 Å². The number of rotatable bonds is 1. The largest absolute Gasteiger partial charge is 0.354 e. The highest BCUT2D eigenvalue weighted by molar-refractivity contribution is 7.99. The maximum atomic E-state index is 12.2. The Labute approximate surface area is 105 Å². The quantitative estimate of drug-likeness (QED) is 0.745. The summed E-state index contributed by atoms with van der Waals surface area (Å²) in [7, 11) is 1.84. The minimum atomic E-state index is -0.177. The van der Waals surface area contributed by atoms with Crippen molar-refractivity contribution < 1.29 is 4.79 Å². The molecule has 17 heavy (non-hydrogen) atoms. The minimum absolute atomic E-state index is 0.133. The summed E-state index contributed by atoms with van der Waals surface area (Å²) < 4.78 is 1.81. The molecular weight excluding hydrogens is 236 g/mol. The second-order valence-electron chi connectivity index (χ2n) is 4.21. The SMILES string of the molecule is Cc1cc(=O)c(C(=O)N2CCSCC2)cn1C. The molecule has 0 N–H and O–H groups in total. The summed E-state index contributed by atoms with van der Waals surface area (Å²) in [5.74, 6) is 1.78. The van der Waals surface area contributed by atoms with E-state index >= 15 is 0 Å². The highest BCUT2D eigenvalue weighted by atomic mass is 32.2. The average Bonchev–Trinajstić information content (AvgIpc) is 2.34. The Hall–Kier alpha value is -1.23. The van der Waals surface area contributed by atoms with E-state index in [-0.39, 0.29) is 16.9 Å². The first-order chi connectivity index (χ1) is 8.09. The molecule has 0 radical (unpaired) electrons. The van der Waals surface area contributed by atoms with E-state index in [1.54, 1.807) is 11.1 Å². The third-order valence-electron chi connectivity index (χ3n) is 3.01. The van der Waals surface area contributed by atoms with Crippen LogP contribution in [0.2, 0.25) is 0 Å². The number of nitrogens with zero attached hydrogens (tertiary/aromatic N) is 2. The van der Waals surface area contributed by atoms with Gasteiger partial charge in [0.25, 0.3) is 5.91 Å². The van der Waals surface area contributed by atoms with Gasteiger partial charge in [-0.15, -0.1) is 0 Å². The molecule has 0 spiro atoms. The first-order valence-electron chi connectivity index (χ1n) is 5.64. The van der Waals surface area contributed by atoms with Crippen molar-refractivity contribution in [2.45, 2.75) is 6.92 Å². The molecule has 1 aliphatic heterocycles.